The second-order valence-electron chi connectivity index (χ2n) is 2.79. The molecule has 4 nitrogen and oxygen atoms in total. The van der Waals surface area contributed by atoms with Crippen LogP contribution in [0.4, 0.5) is 0 Å². The van der Waals surface area contributed by atoms with Crippen LogP contribution in [0.15, 0.2) is 24.3 Å². The molecule has 0 saturated carbocycles. The van der Waals surface area contributed by atoms with Gasteiger partial charge in [0, 0.05) is 0 Å². The molecule has 0 spiro atoms. The van der Waals surface area contributed by atoms with E-state index in [0.717, 1.165) is 0 Å². The molecule has 0 bridgehead atoms. The van der Waals surface area contributed by atoms with E-state index in [1.54, 1.807) is 24.3 Å². The molecular formula is C10H10ClIO4. The number of carbonyl (C=O) groups is 2. The summed E-state index contributed by atoms with van der Waals surface area (Å²) in [5, 5.41) is 0.574. The zero-order valence-corrected chi connectivity index (χ0v) is 11.6. The van der Waals surface area contributed by atoms with Crippen molar-refractivity contribution in [1.29, 1.82) is 0 Å². The van der Waals surface area contributed by atoms with Gasteiger partial charge in [-0.25, -0.2) is 0 Å². The van der Waals surface area contributed by atoms with Crippen molar-refractivity contribution < 1.29 is 15.7 Å². The Balaban J connectivity index is 2.86. The Bertz CT molecular complexity index is 374. The number of hydrogen-bond donors (Lipinski definition) is 0. The molecule has 0 aromatic heterocycles. The number of halogens is 2. The van der Waals surface area contributed by atoms with Gasteiger partial charge >= 0.3 is 107 Å². The van der Waals surface area contributed by atoms with Crippen LogP contribution < -0.4 is 0 Å². The molecule has 1 rings (SSSR count). The van der Waals surface area contributed by atoms with Gasteiger partial charge < -0.3 is 0 Å². The maximum absolute atomic E-state index is 10.9. The maximum atomic E-state index is 10.9. The van der Waals surface area contributed by atoms with Gasteiger partial charge in [0.15, 0.2) is 0 Å². The van der Waals surface area contributed by atoms with E-state index in [9.17, 15) is 9.59 Å². The Morgan fingerprint density at radius 3 is 1.88 bits per heavy atom. The van der Waals surface area contributed by atoms with Crippen LogP contribution in [0.3, 0.4) is 0 Å². The predicted octanol–water partition coefficient (Wildman–Crippen LogP) is 2.97. The van der Waals surface area contributed by atoms with Gasteiger partial charge in [0.25, 0.3) is 0 Å². The molecule has 0 heterocycles. The van der Waals surface area contributed by atoms with Crippen LogP contribution in [0.1, 0.15) is 13.8 Å². The molecule has 88 valence electrons. The summed E-state index contributed by atoms with van der Waals surface area (Å²) >= 11 is 3.06. The van der Waals surface area contributed by atoms with Crippen molar-refractivity contribution in [3.05, 3.63) is 32.9 Å². The van der Waals surface area contributed by atoms with Gasteiger partial charge in [-0.05, 0) is 0 Å². The molecule has 0 aliphatic carbocycles. The van der Waals surface area contributed by atoms with Crippen molar-refractivity contribution >= 4 is 44.2 Å². The summed E-state index contributed by atoms with van der Waals surface area (Å²) in [6.07, 6.45) is 0. The van der Waals surface area contributed by atoms with Crippen molar-refractivity contribution in [3.63, 3.8) is 0 Å². The van der Waals surface area contributed by atoms with Crippen LogP contribution >= 0.6 is 32.3 Å². The van der Waals surface area contributed by atoms with Gasteiger partial charge in [0.1, 0.15) is 0 Å². The van der Waals surface area contributed by atoms with Gasteiger partial charge in [-0.15, -0.1) is 0 Å². The molecule has 1 aromatic rings. The van der Waals surface area contributed by atoms with E-state index in [1.165, 1.54) is 13.8 Å². The third-order valence-corrected chi connectivity index (χ3v) is 5.37. The van der Waals surface area contributed by atoms with E-state index in [2.05, 4.69) is 0 Å². The Labute approximate surface area is 106 Å². The van der Waals surface area contributed by atoms with E-state index in [-0.39, 0.29) is 0 Å². The number of benzene rings is 1. The fourth-order valence-electron chi connectivity index (χ4n) is 0.835. The zero-order valence-electron chi connectivity index (χ0n) is 8.70. The first kappa shape index (κ1) is 13.2. The Morgan fingerprint density at radius 2 is 1.50 bits per heavy atom. The molecule has 0 N–H and O–H groups in total. The Hall–Kier alpha value is -0.820. The topological polar surface area (TPSA) is 52.6 Å². The molecule has 6 heteroatoms. The van der Waals surface area contributed by atoms with Crippen molar-refractivity contribution in [3.8, 4) is 0 Å². The summed E-state index contributed by atoms with van der Waals surface area (Å²) in [5.74, 6) is -0.914. The molecule has 0 atom stereocenters. The van der Waals surface area contributed by atoms with Crippen LogP contribution in [-0.2, 0) is 15.7 Å². The van der Waals surface area contributed by atoms with Gasteiger partial charge in [0.2, 0.25) is 0 Å². The molecule has 0 saturated heterocycles. The quantitative estimate of drug-likeness (QED) is 0.781. The second-order valence-corrected chi connectivity index (χ2v) is 6.59. The molecule has 0 radical (unpaired) electrons. The van der Waals surface area contributed by atoms with Gasteiger partial charge in [0.05, 0.1) is 0 Å². The van der Waals surface area contributed by atoms with E-state index in [4.69, 9.17) is 17.7 Å². The summed E-state index contributed by atoms with van der Waals surface area (Å²) in [6.45, 7) is 2.56. The standard InChI is InChI=1S/C10H10ClIO4/c1-7(13)15-12(16-8(2)14)10-5-3-9(11)4-6-10/h3-6H,1-2H3. The summed E-state index contributed by atoms with van der Waals surface area (Å²) < 4.78 is 10.7. The third kappa shape index (κ3) is 4.36. The summed E-state index contributed by atoms with van der Waals surface area (Å²) in [4.78, 5) is 21.8. The Kier molecular flexibility index (Phi) is 5.01. The van der Waals surface area contributed by atoms with Gasteiger partial charge in [-0.2, -0.15) is 0 Å². The van der Waals surface area contributed by atoms with Crippen molar-refractivity contribution in [1.82, 2.24) is 0 Å². The third-order valence-electron chi connectivity index (χ3n) is 1.34. The molecule has 0 amide bonds. The van der Waals surface area contributed by atoms with E-state index < -0.39 is 32.6 Å². The molecular weight excluding hydrogens is 346 g/mol. The first-order valence-electron chi connectivity index (χ1n) is 4.32. The van der Waals surface area contributed by atoms with E-state index >= 15 is 0 Å². The number of hydrogen-bond acceptors (Lipinski definition) is 4. The average Bonchev–Trinajstić information content (AvgIpc) is 2.16. The van der Waals surface area contributed by atoms with Crippen LogP contribution in [0.2, 0.25) is 5.02 Å². The van der Waals surface area contributed by atoms with Crippen molar-refractivity contribution in [2.24, 2.45) is 0 Å². The zero-order chi connectivity index (χ0) is 12.1. The first-order valence-corrected chi connectivity index (χ1v) is 7.54. The first-order chi connectivity index (χ1) is 7.49. The minimum atomic E-state index is -2.67. The molecule has 16 heavy (non-hydrogen) atoms. The molecule has 0 aliphatic rings. The molecule has 0 aliphatic heterocycles. The Morgan fingerprint density at radius 1 is 1.06 bits per heavy atom. The predicted molar refractivity (Wildman–Crippen MR) is 67.7 cm³/mol. The van der Waals surface area contributed by atoms with Crippen LogP contribution in [0.25, 0.3) is 0 Å². The van der Waals surface area contributed by atoms with E-state index in [0.29, 0.717) is 8.59 Å². The molecule has 0 fully saturated rings. The fourth-order valence-corrected chi connectivity index (χ4v) is 3.63. The van der Waals surface area contributed by atoms with Crippen molar-refractivity contribution in [2.75, 3.05) is 0 Å². The normalized spacial score (nSPS) is 10.6. The minimum absolute atomic E-state index is 0.457. The van der Waals surface area contributed by atoms with E-state index in [1.807, 2.05) is 0 Å². The number of rotatable bonds is 3. The van der Waals surface area contributed by atoms with Gasteiger partial charge in [-0.3, -0.25) is 0 Å². The van der Waals surface area contributed by atoms with Crippen LogP contribution in [0, 0.1) is 3.57 Å². The summed E-state index contributed by atoms with van der Waals surface area (Å²) in [7, 11) is 0. The van der Waals surface area contributed by atoms with Crippen molar-refractivity contribution in [2.45, 2.75) is 13.8 Å². The summed E-state index contributed by atoms with van der Waals surface area (Å²) in [5.41, 5.74) is 0. The molecule has 0 unspecified atom stereocenters. The summed E-state index contributed by atoms with van der Waals surface area (Å²) in [6, 6.07) is 6.71. The SMILES string of the molecule is CC(=O)OI(OC(C)=O)c1ccc(Cl)cc1. The van der Waals surface area contributed by atoms with Crippen LogP contribution in [0.5, 0.6) is 0 Å². The second kappa shape index (κ2) is 6.05. The van der Waals surface area contributed by atoms with Crippen LogP contribution in [-0.4, -0.2) is 11.9 Å². The average molecular weight is 357 g/mol. The fraction of sp³-hybridized carbons (Fsp3) is 0.200. The number of carbonyl (C=O) groups excluding carboxylic acids is 2. The monoisotopic (exact) mass is 356 g/mol. The van der Waals surface area contributed by atoms with Gasteiger partial charge in [-0.1, -0.05) is 0 Å². The molecule has 1 aromatic carbocycles.